The van der Waals surface area contributed by atoms with Gasteiger partial charge in [-0.15, -0.1) is 0 Å². The largest absolute Gasteiger partial charge is 0.481 e. The molecule has 0 aliphatic carbocycles. The van der Waals surface area contributed by atoms with Gasteiger partial charge in [-0.05, 0) is 25.8 Å². The fraction of sp³-hybridized carbons (Fsp3) is 0.353. The third-order valence-electron chi connectivity index (χ3n) is 3.98. The normalized spacial score (nSPS) is 16.7. The van der Waals surface area contributed by atoms with Gasteiger partial charge in [0.2, 0.25) is 11.8 Å². The third kappa shape index (κ3) is 4.52. The summed E-state index contributed by atoms with van der Waals surface area (Å²) in [5.41, 5.74) is 1.09. The number of nitrogens with one attached hydrogen (secondary N) is 2. The number of urea groups is 1. The predicted octanol–water partition coefficient (Wildman–Crippen LogP) is 2.16. The number of carbonyl (C=O) groups is 1. The molecule has 0 spiro atoms. The Morgan fingerprint density at radius 1 is 1.30 bits per heavy atom. The standard InChI is InChI=1S/C17H20N4O5S/c1-11-10-15(25-2)19-16(18-11)20-17(22)21-27(23,24)14-8-4-3-6-12(14)13-7-5-9-26-13/h3-4,6,8,10,13H,5,7,9H2,1-2H3,(H2,18,19,20,21,22). The summed E-state index contributed by atoms with van der Waals surface area (Å²) in [6, 6.07) is 7.08. The molecule has 1 atom stereocenters. The number of hydrogen-bond donors (Lipinski definition) is 2. The van der Waals surface area contributed by atoms with Gasteiger partial charge in [0, 0.05) is 23.9 Å². The number of anilines is 1. The van der Waals surface area contributed by atoms with Gasteiger partial charge in [-0.3, -0.25) is 5.32 Å². The molecule has 27 heavy (non-hydrogen) atoms. The van der Waals surface area contributed by atoms with E-state index in [1.54, 1.807) is 31.2 Å². The average Bonchev–Trinajstić information content (AvgIpc) is 3.15. The molecule has 0 saturated carbocycles. The topological polar surface area (TPSA) is 120 Å². The number of carbonyl (C=O) groups excluding carboxylic acids is 1. The smallest absolute Gasteiger partial charge is 0.335 e. The van der Waals surface area contributed by atoms with Gasteiger partial charge in [0.1, 0.15) is 0 Å². The van der Waals surface area contributed by atoms with Crippen molar-refractivity contribution in [1.29, 1.82) is 0 Å². The van der Waals surface area contributed by atoms with Crippen molar-refractivity contribution in [3.8, 4) is 5.88 Å². The second-order valence-electron chi connectivity index (χ2n) is 5.97. The van der Waals surface area contributed by atoms with Crippen molar-refractivity contribution in [3.05, 3.63) is 41.6 Å². The molecule has 9 nitrogen and oxygen atoms in total. The maximum atomic E-state index is 12.7. The molecule has 144 valence electrons. The van der Waals surface area contributed by atoms with Gasteiger partial charge in [0.15, 0.2) is 0 Å². The first kappa shape index (κ1) is 19.1. The number of amides is 2. The summed E-state index contributed by atoms with van der Waals surface area (Å²) in [6.45, 7) is 2.28. The molecular formula is C17H20N4O5S. The maximum absolute atomic E-state index is 12.7. The molecule has 1 aliphatic rings. The van der Waals surface area contributed by atoms with Crippen molar-refractivity contribution in [2.45, 2.75) is 30.8 Å². The van der Waals surface area contributed by atoms with Crippen LogP contribution in [0.1, 0.15) is 30.2 Å². The molecule has 1 fully saturated rings. The fourth-order valence-corrected chi connectivity index (χ4v) is 3.99. The molecule has 1 aromatic carbocycles. The van der Waals surface area contributed by atoms with Crippen LogP contribution >= 0.6 is 0 Å². The number of aryl methyl sites for hydroxylation is 1. The van der Waals surface area contributed by atoms with Crippen LogP contribution in [0.2, 0.25) is 0 Å². The summed E-state index contributed by atoms with van der Waals surface area (Å²) >= 11 is 0. The van der Waals surface area contributed by atoms with Gasteiger partial charge in [0.05, 0.1) is 18.1 Å². The summed E-state index contributed by atoms with van der Waals surface area (Å²) < 4.78 is 38.0. The molecule has 0 radical (unpaired) electrons. The van der Waals surface area contributed by atoms with E-state index in [4.69, 9.17) is 9.47 Å². The number of benzene rings is 1. The second-order valence-corrected chi connectivity index (χ2v) is 7.63. The van der Waals surface area contributed by atoms with Crippen LogP contribution < -0.4 is 14.8 Å². The third-order valence-corrected chi connectivity index (χ3v) is 5.38. The van der Waals surface area contributed by atoms with Crippen molar-refractivity contribution in [3.63, 3.8) is 0 Å². The first-order valence-corrected chi connectivity index (χ1v) is 9.81. The molecule has 2 aromatic rings. The number of sulfonamides is 1. The van der Waals surface area contributed by atoms with E-state index in [0.717, 1.165) is 12.8 Å². The van der Waals surface area contributed by atoms with Crippen LogP contribution in [-0.4, -0.2) is 38.1 Å². The lowest BCUT2D eigenvalue weighted by molar-refractivity contribution is 0.110. The number of aromatic nitrogens is 2. The van der Waals surface area contributed by atoms with Crippen molar-refractivity contribution in [2.24, 2.45) is 0 Å². The van der Waals surface area contributed by atoms with Crippen LogP contribution in [0.5, 0.6) is 5.88 Å². The molecule has 1 unspecified atom stereocenters. The van der Waals surface area contributed by atoms with Crippen LogP contribution in [-0.2, 0) is 14.8 Å². The lowest BCUT2D eigenvalue weighted by atomic mass is 10.1. The number of hydrogen-bond acceptors (Lipinski definition) is 7. The van der Waals surface area contributed by atoms with E-state index < -0.39 is 16.1 Å². The highest BCUT2D eigenvalue weighted by molar-refractivity contribution is 7.90. The first-order chi connectivity index (χ1) is 12.9. The molecule has 2 heterocycles. The van der Waals surface area contributed by atoms with Crippen molar-refractivity contribution in [1.82, 2.24) is 14.7 Å². The van der Waals surface area contributed by atoms with Gasteiger partial charge in [-0.1, -0.05) is 18.2 Å². The zero-order valence-corrected chi connectivity index (χ0v) is 15.7. The van der Waals surface area contributed by atoms with Crippen molar-refractivity contribution >= 4 is 22.0 Å². The summed E-state index contributed by atoms with van der Waals surface area (Å²) in [5.74, 6) is 0.191. The summed E-state index contributed by atoms with van der Waals surface area (Å²) in [5, 5.41) is 2.31. The molecule has 1 aliphatic heterocycles. The summed E-state index contributed by atoms with van der Waals surface area (Å²) in [7, 11) is -2.67. The number of methoxy groups -OCH3 is 1. The Labute approximate surface area is 157 Å². The Morgan fingerprint density at radius 2 is 2.07 bits per heavy atom. The molecular weight excluding hydrogens is 372 g/mol. The average molecular weight is 392 g/mol. The highest BCUT2D eigenvalue weighted by atomic mass is 32.2. The molecule has 1 saturated heterocycles. The molecule has 2 amide bonds. The van der Waals surface area contributed by atoms with E-state index in [-0.39, 0.29) is 22.8 Å². The molecule has 1 aromatic heterocycles. The van der Waals surface area contributed by atoms with Crippen molar-refractivity contribution in [2.75, 3.05) is 19.0 Å². The minimum absolute atomic E-state index is 0.00907. The SMILES string of the molecule is COc1cc(C)nc(NC(=O)NS(=O)(=O)c2ccccc2C2CCCO2)n1. The van der Waals surface area contributed by atoms with E-state index in [0.29, 0.717) is 17.9 Å². The zero-order chi connectivity index (χ0) is 19.4. The Morgan fingerprint density at radius 3 is 2.78 bits per heavy atom. The van der Waals surface area contributed by atoms with Gasteiger partial charge in [0.25, 0.3) is 10.0 Å². The predicted molar refractivity (Wildman–Crippen MR) is 97.0 cm³/mol. The van der Waals surface area contributed by atoms with E-state index in [1.807, 2.05) is 4.72 Å². The second kappa shape index (κ2) is 7.89. The van der Waals surface area contributed by atoms with E-state index in [9.17, 15) is 13.2 Å². The number of ether oxygens (including phenoxy) is 2. The quantitative estimate of drug-likeness (QED) is 0.800. The minimum atomic E-state index is -4.10. The Bertz CT molecular complexity index is 942. The van der Waals surface area contributed by atoms with Gasteiger partial charge < -0.3 is 9.47 Å². The van der Waals surface area contributed by atoms with Gasteiger partial charge in [-0.25, -0.2) is 22.9 Å². The first-order valence-electron chi connectivity index (χ1n) is 8.33. The van der Waals surface area contributed by atoms with E-state index in [2.05, 4.69) is 15.3 Å². The highest BCUT2D eigenvalue weighted by Crippen LogP contribution is 2.32. The number of rotatable bonds is 5. The molecule has 10 heteroatoms. The van der Waals surface area contributed by atoms with Crippen LogP contribution in [0.25, 0.3) is 0 Å². The van der Waals surface area contributed by atoms with Crippen LogP contribution in [0.4, 0.5) is 10.7 Å². The van der Waals surface area contributed by atoms with Gasteiger partial charge >= 0.3 is 6.03 Å². The zero-order valence-electron chi connectivity index (χ0n) is 14.9. The molecule has 0 bridgehead atoms. The Kier molecular flexibility index (Phi) is 5.57. The lowest BCUT2D eigenvalue weighted by Crippen LogP contribution is -2.35. The summed E-state index contributed by atoms with van der Waals surface area (Å²) in [4.78, 5) is 20.2. The Balaban J connectivity index is 1.79. The van der Waals surface area contributed by atoms with Crippen LogP contribution in [0, 0.1) is 6.92 Å². The minimum Gasteiger partial charge on any atom is -0.481 e. The maximum Gasteiger partial charge on any atom is 0.335 e. The molecule has 3 rings (SSSR count). The fourth-order valence-electron chi connectivity index (χ4n) is 2.82. The Hall–Kier alpha value is -2.72. The van der Waals surface area contributed by atoms with Crippen LogP contribution in [0.3, 0.4) is 0 Å². The van der Waals surface area contributed by atoms with E-state index >= 15 is 0 Å². The number of nitrogens with zero attached hydrogens (tertiary/aromatic N) is 2. The van der Waals surface area contributed by atoms with Crippen molar-refractivity contribution < 1.29 is 22.7 Å². The monoisotopic (exact) mass is 392 g/mol. The lowest BCUT2D eigenvalue weighted by Gasteiger charge is -2.16. The van der Waals surface area contributed by atoms with E-state index in [1.165, 1.54) is 13.2 Å². The molecule has 2 N–H and O–H groups in total. The van der Waals surface area contributed by atoms with Crippen LogP contribution in [0.15, 0.2) is 35.2 Å². The summed E-state index contributed by atoms with van der Waals surface area (Å²) in [6.07, 6.45) is 1.29. The highest BCUT2D eigenvalue weighted by Gasteiger charge is 2.27. The van der Waals surface area contributed by atoms with Gasteiger partial charge in [-0.2, -0.15) is 4.98 Å².